The molecule has 0 spiro atoms. The number of hydrogen-bond donors (Lipinski definition) is 0. The van der Waals surface area contributed by atoms with Gasteiger partial charge in [0.2, 0.25) is 0 Å². The maximum atomic E-state index is 10.0. The van der Waals surface area contributed by atoms with Crippen molar-refractivity contribution in [3.05, 3.63) is 0 Å². The molecule has 56 valence electrons. The molecule has 2 nitrogen and oxygen atoms in total. The molecule has 0 amide bonds. The zero-order chi connectivity index (χ0) is 7.11. The van der Waals surface area contributed by atoms with Crippen molar-refractivity contribution in [1.29, 1.82) is 0 Å². The summed E-state index contributed by atoms with van der Waals surface area (Å²) in [6.45, 7) is 7.41. The fourth-order valence-corrected chi connectivity index (χ4v) is 0.828. The molecule has 0 aliphatic heterocycles. The van der Waals surface area contributed by atoms with Gasteiger partial charge in [0.05, 0.1) is 0 Å². The summed E-state index contributed by atoms with van der Waals surface area (Å²) in [5.41, 5.74) is 0. The molecule has 3 heteroatoms. The van der Waals surface area contributed by atoms with Crippen molar-refractivity contribution in [1.82, 2.24) is 4.90 Å². The molecule has 0 rings (SSSR count). The first-order valence-corrected chi connectivity index (χ1v) is 3.65. The molecule has 0 aliphatic rings. The van der Waals surface area contributed by atoms with Gasteiger partial charge in [-0.1, -0.05) is 20.3 Å². The standard InChI is InChI=1S/C7H16NO.K/c1-3-8(4-2)6-5-7-9;/h3-7H2,1-2H3;/q-1;+1. The second-order valence-electron chi connectivity index (χ2n) is 2.08. The van der Waals surface area contributed by atoms with Crippen molar-refractivity contribution in [2.24, 2.45) is 0 Å². The largest absolute Gasteiger partial charge is 1.00 e. The van der Waals surface area contributed by atoms with E-state index in [0.29, 0.717) is 0 Å². The molecule has 0 radical (unpaired) electrons. The Bertz CT molecular complexity index is 57.6. The molecule has 0 heterocycles. The van der Waals surface area contributed by atoms with Gasteiger partial charge >= 0.3 is 51.4 Å². The summed E-state index contributed by atoms with van der Waals surface area (Å²) < 4.78 is 0. The molecular formula is C7H16KNO. The van der Waals surface area contributed by atoms with Crippen molar-refractivity contribution in [2.45, 2.75) is 20.3 Å². The Morgan fingerprint density at radius 2 is 1.70 bits per heavy atom. The number of rotatable bonds is 5. The zero-order valence-electron chi connectivity index (χ0n) is 7.39. The predicted octanol–water partition coefficient (Wildman–Crippen LogP) is -2.92. The molecule has 0 saturated heterocycles. The third kappa shape index (κ3) is 7.66. The summed E-state index contributed by atoms with van der Waals surface area (Å²) in [4.78, 5) is 2.26. The minimum Gasteiger partial charge on any atom is -0.854 e. The van der Waals surface area contributed by atoms with Gasteiger partial charge < -0.3 is 10.0 Å². The number of nitrogens with zero attached hydrogens (tertiary/aromatic N) is 1. The van der Waals surface area contributed by atoms with Crippen LogP contribution in [0.2, 0.25) is 0 Å². The maximum Gasteiger partial charge on any atom is 1.00 e. The van der Waals surface area contributed by atoms with Crippen LogP contribution in [0.3, 0.4) is 0 Å². The van der Waals surface area contributed by atoms with Crippen molar-refractivity contribution in [3.8, 4) is 0 Å². The van der Waals surface area contributed by atoms with E-state index in [9.17, 15) is 5.11 Å². The van der Waals surface area contributed by atoms with Gasteiger partial charge in [0.25, 0.3) is 0 Å². The SMILES string of the molecule is CCN(CC)CCC[O-].[K+]. The molecule has 0 unspecified atom stereocenters. The predicted molar refractivity (Wildman–Crippen MR) is 37.3 cm³/mol. The second kappa shape index (κ2) is 10.6. The summed E-state index contributed by atoms with van der Waals surface area (Å²) in [7, 11) is 0. The molecule has 0 aromatic heterocycles. The molecule has 0 saturated carbocycles. The van der Waals surface area contributed by atoms with Gasteiger partial charge in [-0.15, -0.1) is 6.61 Å². The Morgan fingerprint density at radius 3 is 2.00 bits per heavy atom. The van der Waals surface area contributed by atoms with E-state index in [4.69, 9.17) is 0 Å². The quantitative estimate of drug-likeness (QED) is 0.412. The van der Waals surface area contributed by atoms with Crippen molar-refractivity contribution >= 4 is 0 Å². The van der Waals surface area contributed by atoms with Crippen LogP contribution in [0, 0.1) is 0 Å². The summed E-state index contributed by atoms with van der Waals surface area (Å²) in [6, 6.07) is 0. The summed E-state index contributed by atoms with van der Waals surface area (Å²) in [5.74, 6) is 0. The van der Waals surface area contributed by atoms with Crippen molar-refractivity contribution in [3.63, 3.8) is 0 Å². The fourth-order valence-electron chi connectivity index (χ4n) is 0.828. The van der Waals surface area contributed by atoms with Crippen LogP contribution in [0.4, 0.5) is 0 Å². The van der Waals surface area contributed by atoms with Gasteiger partial charge in [0.15, 0.2) is 0 Å². The molecular weight excluding hydrogens is 153 g/mol. The molecule has 0 atom stereocenters. The van der Waals surface area contributed by atoms with Gasteiger partial charge in [-0.3, -0.25) is 0 Å². The van der Waals surface area contributed by atoms with Gasteiger partial charge in [0, 0.05) is 0 Å². The van der Waals surface area contributed by atoms with Crippen LogP contribution in [-0.4, -0.2) is 31.1 Å². The van der Waals surface area contributed by atoms with E-state index in [2.05, 4.69) is 18.7 Å². The number of hydrogen-bond acceptors (Lipinski definition) is 2. The maximum absolute atomic E-state index is 10.0. The third-order valence-corrected chi connectivity index (χ3v) is 1.51. The Morgan fingerprint density at radius 1 is 1.20 bits per heavy atom. The van der Waals surface area contributed by atoms with E-state index in [0.717, 1.165) is 26.1 Å². The van der Waals surface area contributed by atoms with Gasteiger partial charge in [-0.05, 0) is 19.6 Å². The minimum atomic E-state index is 0. The topological polar surface area (TPSA) is 26.3 Å². The summed E-state index contributed by atoms with van der Waals surface area (Å²) in [6.07, 6.45) is 0.793. The average molecular weight is 169 g/mol. The van der Waals surface area contributed by atoms with E-state index in [-0.39, 0.29) is 58.0 Å². The first kappa shape index (κ1) is 14.1. The molecule has 0 N–H and O–H groups in total. The molecule has 0 bridgehead atoms. The van der Waals surface area contributed by atoms with Gasteiger partial charge in [-0.2, -0.15) is 0 Å². The zero-order valence-corrected chi connectivity index (χ0v) is 10.5. The molecule has 0 aromatic carbocycles. The fraction of sp³-hybridized carbons (Fsp3) is 1.00. The monoisotopic (exact) mass is 169 g/mol. The van der Waals surface area contributed by atoms with E-state index < -0.39 is 0 Å². The van der Waals surface area contributed by atoms with Crippen LogP contribution in [0.1, 0.15) is 20.3 Å². The van der Waals surface area contributed by atoms with E-state index in [1.165, 1.54) is 0 Å². The van der Waals surface area contributed by atoms with Crippen LogP contribution in [0.25, 0.3) is 0 Å². The Labute approximate surface area is 106 Å². The Balaban J connectivity index is 0. The van der Waals surface area contributed by atoms with E-state index in [1.54, 1.807) is 0 Å². The Kier molecular flexibility index (Phi) is 14.9. The van der Waals surface area contributed by atoms with Crippen molar-refractivity contribution < 1.29 is 56.5 Å². The van der Waals surface area contributed by atoms with Crippen LogP contribution in [-0.2, 0) is 0 Å². The van der Waals surface area contributed by atoms with Gasteiger partial charge in [0.1, 0.15) is 0 Å². The second-order valence-corrected chi connectivity index (χ2v) is 2.08. The minimum absolute atomic E-state index is 0. The molecule has 0 fully saturated rings. The smallest absolute Gasteiger partial charge is 0.854 e. The van der Waals surface area contributed by atoms with Crippen LogP contribution in [0.5, 0.6) is 0 Å². The third-order valence-electron chi connectivity index (χ3n) is 1.51. The van der Waals surface area contributed by atoms with Crippen LogP contribution in [0.15, 0.2) is 0 Å². The molecule has 0 aliphatic carbocycles. The average Bonchev–Trinajstić information content (AvgIpc) is 1.91. The Hall–Kier alpha value is 1.56. The first-order chi connectivity index (χ1) is 4.35. The van der Waals surface area contributed by atoms with Crippen molar-refractivity contribution in [2.75, 3.05) is 26.2 Å². The molecule has 10 heavy (non-hydrogen) atoms. The van der Waals surface area contributed by atoms with Crippen LogP contribution < -0.4 is 56.5 Å². The summed E-state index contributed by atoms with van der Waals surface area (Å²) >= 11 is 0. The van der Waals surface area contributed by atoms with E-state index >= 15 is 0 Å². The molecule has 0 aromatic rings. The van der Waals surface area contributed by atoms with Gasteiger partial charge in [-0.25, -0.2) is 0 Å². The normalized spacial score (nSPS) is 9.60. The first-order valence-electron chi connectivity index (χ1n) is 3.65. The van der Waals surface area contributed by atoms with E-state index in [1.807, 2.05) is 0 Å². The summed E-state index contributed by atoms with van der Waals surface area (Å²) in [5, 5.41) is 10.0. The van der Waals surface area contributed by atoms with Crippen LogP contribution >= 0.6 is 0 Å².